The Morgan fingerprint density at radius 2 is 2.05 bits per heavy atom. The van der Waals surface area contributed by atoms with E-state index < -0.39 is 0 Å². The van der Waals surface area contributed by atoms with Gasteiger partial charge in [-0.25, -0.2) is 0 Å². The smallest absolute Gasteiger partial charge is 0.241 e. The lowest BCUT2D eigenvalue weighted by atomic mass is 10.1. The third-order valence-electron chi connectivity index (χ3n) is 3.73. The molecule has 2 atom stereocenters. The van der Waals surface area contributed by atoms with Gasteiger partial charge in [-0.2, -0.15) is 0 Å². The summed E-state index contributed by atoms with van der Waals surface area (Å²) in [5.74, 6) is 0.198. The second-order valence-corrected chi connectivity index (χ2v) is 5.24. The van der Waals surface area contributed by atoms with Gasteiger partial charge in [0, 0.05) is 13.7 Å². The first-order valence-electron chi connectivity index (χ1n) is 7.35. The Hall–Kier alpha value is -1.39. The number of ether oxygens (including phenoxy) is 1. The number of hydrogen-bond donors (Lipinski definition) is 1. The van der Waals surface area contributed by atoms with Gasteiger partial charge in [-0.15, -0.1) is 0 Å². The fraction of sp³-hybridized carbons (Fsp3) is 0.562. The van der Waals surface area contributed by atoms with E-state index in [0.717, 1.165) is 19.3 Å². The largest absolute Gasteiger partial charge is 0.383 e. The van der Waals surface area contributed by atoms with E-state index in [1.165, 1.54) is 5.56 Å². The van der Waals surface area contributed by atoms with Gasteiger partial charge in [-0.05, 0) is 18.4 Å². The molecule has 110 valence electrons. The lowest BCUT2D eigenvalue weighted by molar-refractivity contribution is -0.130. The molecule has 2 rings (SSSR count). The van der Waals surface area contributed by atoms with Gasteiger partial charge >= 0.3 is 0 Å². The molecule has 1 aromatic rings. The zero-order valence-corrected chi connectivity index (χ0v) is 12.3. The van der Waals surface area contributed by atoms with Gasteiger partial charge in [0.05, 0.1) is 18.8 Å². The molecule has 0 bridgehead atoms. The topological polar surface area (TPSA) is 41.6 Å². The molecule has 1 N–H and O–H groups in total. The third kappa shape index (κ3) is 3.58. The normalized spacial score (nSPS) is 22.5. The van der Waals surface area contributed by atoms with Crippen LogP contribution in [0, 0.1) is 0 Å². The van der Waals surface area contributed by atoms with Crippen LogP contribution in [0.15, 0.2) is 30.3 Å². The van der Waals surface area contributed by atoms with E-state index >= 15 is 0 Å². The summed E-state index contributed by atoms with van der Waals surface area (Å²) in [7, 11) is 1.67. The first-order chi connectivity index (χ1) is 9.76. The number of rotatable bonds is 7. The number of carbonyl (C=O) groups excluding carboxylic acids is 1. The Kier molecular flexibility index (Phi) is 5.56. The highest BCUT2D eigenvalue weighted by Gasteiger charge is 2.37. The summed E-state index contributed by atoms with van der Waals surface area (Å²) in [6.07, 6.45) is 2.95. The maximum atomic E-state index is 12.5. The number of amides is 1. The van der Waals surface area contributed by atoms with Crippen molar-refractivity contribution in [3.05, 3.63) is 35.9 Å². The van der Waals surface area contributed by atoms with Gasteiger partial charge in [-0.1, -0.05) is 43.7 Å². The minimum atomic E-state index is -0.106. The van der Waals surface area contributed by atoms with Gasteiger partial charge in [0.1, 0.15) is 0 Å². The van der Waals surface area contributed by atoms with Gasteiger partial charge in [0.2, 0.25) is 5.91 Å². The SMILES string of the molecule is CCCC1NC(Cc2ccccc2)C(=O)N1CCOC. The van der Waals surface area contributed by atoms with Crippen molar-refractivity contribution >= 4 is 5.91 Å². The second-order valence-electron chi connectivity index (χ2n) is 5.24. The monoisotopic (exact) mass is 276 g/mol. The fourth-order valence-electron chi connectivity index (χ4n) is 2.71. The van der Waals surface area contributed by atoms with E-state index in [1.807, 2.05) is 23.1 Å². The summed E-state index contributed by atoms with van der Waals surface area (Å²) < 4.78 is 5.11. The summed E-state index contributed by atoms with van der Waals surface area (Å²) >= 11 is 0. The number of benzene rings is 1. The Morgan fingerprint density at radius 3 is 2.70 bits per heavy atom. The van der Waals surface area contributed by atoms with Crippen LogP contribution in [0.4, 0.5) is 0 Å². The molecular weight excluding hydrogens is 252 g/mol. The maximum absolute atomic E-state index is 12.5. The van der Waals surface area contributed by atoms with Crippen molar-refractivity contribution in [2.45, 2.75) is 38.4 Å². The number of nitrogens with one attached hydrogen (secondary N) is 1. The molecule has 0 spiro atoms. The summed E-state index contributed by atoms with van der Waals surface area (Å²) in [6.45, 7) is 3.40. The van der Waals surface area contributed by atoms with Crippen LogP contribution in [0.25, 0.3) is 0 Å². The number of carbonyl (C=O) groups is 1. The van der Waals surface area contributed by atoms with Gasteiger partial charge in [-0.3, -0.25) is 10.1 Å². The molecule has 1 aromatic carbocycles. The van der Waals surface area contributed by atoms with Gasteiger partial charge in [0.25, 0.3) is 0 Å². The average Bonchev–Trinajstić information content (AvgIpc) is 2.74. The second kappa shape index (κ2) is 7.41. The minimum Gasteiger partial charge on any atom is -0.383 e. The molecular formula is C16H24N2O2. The molecule has 1 aliphatic rings. The van der Waals surface area contributed by atoms with Crippen LogP contribution < -0.4 is 5.32 Å². The standard InChI is InChI=1S/C16H24N2O2/c1-3-7-15-17-14(12-13-8-5-4-6-9-13)16(19)18(15)10-11-20-2/h4-6,8-9,14-15,17H,3,7,10-12H2,1-2H3. The predicted octanol–water partition coefficient (Wildman–Crippen LogP) is 1.80. The maximum Gasteiger partial charge on any atom is 0.241 e. The van der Waals surface area contributed by atoms with E-state index in [2.05, 4.69) is 24.4 Å². The molecule has 2 unspecified atom stereocenters. The van der Waals surface area contributed by atoms with Crippen LogP contribution in [0.2, 0.25) is 0 Å². The zero-order chi connectivity index (χ0) is 14.4. The van der Waals surface area contributed by atoms with Crippen molar-refractivity contribution in [2.24, 2.45) is 0 Å². The molecule has 4 heteroatoms. The minimum absolute atomic E-state index is 0.106. The Labute approximate surface area is 121 Å². The quantitative estimate of drug-likeness (QED) is 0.825. The first kappa shape index (κ1) is 15.0. The molecule has 0 saturated carbocycles. The van der Waals surface area contributed by atoms with Crippen molar-refractivity contribution in [3.8, 4) is 0 Å². The van der Waals surface area contributed by atoms with Crippen molar-refractivity contribution in [1.82, 2.24) is 10.2 Å². The molecule has 1 fully saturated rings. The predicted molar refractivity (Wildman–Crippen MR) is 79.4 cm³/mol. The zero-order valence-electron chi connectivity index (χ0n) is 12.3. The van der Waals surface area contributed by atoms with Crippen molar-refractivity contribution < 1.29 is 9.53 Å². The van der Waals surface area contributed by atoms with Crippen molar-refractivity contribution in [1.29, 1.82) is 0 Å². The lowest BCUT2D eigenvalue weighted by Gasteiger charge is -2.23. The molecule has 0 radical (unpaired) electrons. The number of hydrogen-bond acceptors (Lipinski definition) is 3. The van der Waals surface area contributed by atoms with E-state index in [-0.39, 0.29) is 18.1 Å². The van der Waals surface area contributed by atoms with Crippen LogP contribution in [0.5, 0.6) is 0 Å². The molecule has 1 saturated heterocycles. The number of nitrogens with zero attached hydrogens (tertiary/aromatic N) is 1. The van der Waals surface area contributed by atoms with Crippen LogP contribution >= 0.6 is 0 Å². The molecule has 0 aromatic heterocycles. The van der Waals surface area contributed by atoms with E-state index in [9.17, 15) is 4.79 Å². The Bertz CT molecular complexity index is 422. The molecule has 4 nitrogen and oxygen atoms in total. The molecule has 1 heterocycles. The molecule has 1 aliphatic heterocycles. The van der Waals surface area contributed by atoms with E-state index in [1.54, 1.807) is 7.11 Å². The number of methoxy groups -OCH3 is 1. The third-order valence-corrected chi connectivity index (χ3v) is 3.73. The van der Waals surface area contributed by atoms with Crippen LogP contribution in [-0.2, 0) is 16.0 Å². The van der Waals surface area contributed by atoms with Gasteiger partial charge < -0.3 is 9.64 Å². The van der Waals surface area contributed by atoms with Crippen LogP contribution in [0.3, 0.4) is 0 Å². The lowest BCUT2D eigenvalue weighted by Crippen LogP contribution is -2.39. The molecule has 0 aliphatic carbocycles. The highest BCUT2D eigenvalue weighted by molar-refractivity contribution is 5.84. The summed E-state index contributed by atoms with van der Waals surface area (Å²) in [4.78, 5) is 14.4. The highest BCUT2D eigenvalue weighted by Crippen LogP contribution is 2.18. The van der Waals surface area contributed by atoms with Crippen molar-refractivity contribution in [3.63, 3.8) is 0 Å². The summed E-state index contributed by atoms with van der Waals surface area (Å²) in [6, 6.07) is 10.1. The Balaban J connectivity index is 2.02. The molecule has 1 amide bonds. The average molecular weight is 276 g/mol. The summed E-state index contributed by atoms with van der Waals surface area (Å²) in [5, 5.41) is 3.47. The Morgan fingerprint density at radius 1 is 1.30 bits per heavy atom. The van der Waals surface area contributed by atoms with E-state index in [0.29, 0.717) is 13.2 Å². The van der Waals surface area contributed by atoms with Crippen LogP contribution in [-0.4, -0.2) is 43.3 Å². The van der Waals surface area contributed by atoms with E-state index in [4.69, 9.17) is 4.74 Å². The van der Waals surface area contributed by atoms with Crippen LogP contribution in [0.1, 0.15) is 25.3 Å². The summed E-state index contributed by atoms with van der Waals surface area (Å²) in [5.41, 5.74) is 1.20. The van der Waals surface area contributed by atoms with Crippen molar-refractivity contribution in [2.75, 3.05) is 20.3 Å². The highest BCUT2D eigenvalue weighted by atomic mass is 16.5. The van der Waals surface area contributed by atoms with Gasteiger partial charge in [0.15, 0.2) is 0 Å². The fourth-order valence-corrected chi connectivity index (χ4v) is 2.71. The molecule has 20 heavy (non-hydrogen) atoms. The first-order valence-corrected chi connectivity index (χ1v) is 7.35.